The van der Waals surface area contributed by atoms with Gasteiger partial charge in [-0.25, -0.2) is 21.6 Å². The van der Waals surface area contributed by atoms with E-state index in [1.165, 1.54) is 19.1 Å². The highest BCUT2D eigenvalue weighted by molar-refractivity contribution is 14.1. The van der Waals surface area contributed by atoms with E-state index < -0.39 is 27.5 Å². The Balaban J connectivity index is 2.49. The van der Waals surface area contributed by atoms with Gasteiger partial charge in [0.2, 0.25) is 10.0 Å². The van der Waals surface area contributed by atoms with Crippen LogP contribution in [-0.4, -0.2) is 14.2 Å². The van der Waals surface area contributed by atoms with Crippen LogP contribution in [0.4, 0.5) is 18.9 Å². The lowest BCUT2D eigenvalue weighted by molar-refractivity contribution is 0.500. The van der Waals surface area contributed by atoms with Crippen LogP contribution in [0.2, 0.25) is 0 Å². The molecule has 1 N–H and O–H groups in total. The maximum absolute atomic E-state index is 14.1. The Labute approximate surface area is 146 Å². The summed E-state index contributed by atoms with van der Waals surface area (Å²) in [6, 6.07) is 6.32. The van der Waals surface area contributed by atoms with Crippen LogP contribution in [0.5, 0.6) is 0 Å². The normalized spacial score (nSPS) is 11.5. The lowest BCUT2D eigenvalue weighted by Gasteiger charge is -2.14. The molecular weight excluding hydrogens is 442 g/mol. The molecule has 0 atom stereocenters. The number of hydrogen-bond acceptors (Lipinski definition) is 2. The van der Waals surface area contributed by atoms with E-state index in [1.807, 2.05) is 22.6 Å². The summed E-state index contributed by atoms with van der Waals surface area (Å²) in [5.74, 6) is -3.10. The quantitative estimate of drug-likeness (QED) is 0.692. The summed E-state index contributed by atoms with van der Waals surface area (Å²) >= 11 is 1.93. The third-order valence-electron chi connectivity index (χ3n) is 3.22. The van der Waals surface area contributed by atoms with E-state index in [0.29, 0.717) is 3.57 Å². The van der Waals surface area contributed by atoms with Crippen LogP contribution in [0.3, 0.4) is 0 Å². The molecule has 8 heteroatoms. The molecule has 0 saturated carbocycles. The second-order valence-corrected chi connectivity index (χ2v) is 8.06. The van der Waals surface area contributed by atoms with E-state index in [-0.39, 0.29) is 29.0 Å². The smallest absolute Gasteiger partial charge is 0.232 e. The fourth-order valence-electron chi connectivity index (χ4n) is 1.96. The van der Waals surface area contributed by atoms with Crippen molar-refractivity contribution in [3.8, 4) is 0 Å². The Morgan fingerprint density at radius 2 is 1.78 bits per heavy atom. The van der Waals surface area contributed by atoms with Crippen molar-refractivity contribution in [2.75, 3.05) is 10.5 Å². The molecule has 0 amide bonds. The minimum Gasteiger partial charge on any atom is -0.283 e. The largest absolute Gasteiger partial charge is 0.283 e. The molecule has 0 saturated heterocycles. The van der Waals surface area contributed by atoms with Gasteiger partial charge in [0.25, 0.3) is 0 Å². The van der Waals surface area contributed by atoms with Crippen molar-refractivity contribution in [1.29, 1.82) is 0 Å². The van der Waals surface area contributed by atoms with Gasteiger partial charge in [0.1, 0.15) is 5.82 Å². The molecule has 0 heterocycles. The van der Waals surface area contributed by atoms with Crippen molar-refractivity contribution >= 4 is 38.3 Å². The van der Waals surface area contributed by atoms with Crippen LogP contribution < -0.4 is 4.72 Å². The van der Waals surface area contributed by atoms with Gasteiger partial charge >= 0.3 is 0 Å². The van der Waals surface area contributed by atoms with E-state index in [9.17, 15) is 21.6 Å². The van der Waals surface area contributed by atoms with Crippen LogP contribution in [0.25, 0.3) is 0 Å². The summed E-state index contributed by atoms with van der Waals surface area (Å²) in [5, 5.41) is 0. The number of anilines is 1. The highest BCUT2D eigenvalue weighted by atomic mass is 127. The topological polar surface area (TPSA) is 46.2 Å². The number of sulfonamides is 1. The summed E-state index contributed by atoms with van der Waals surface area (Å²) in [5.41, 5.74) is -0.183. The van der Waals surface area contributed by atoms with Gasteiger partial charge in [0, 0.05) is 15.6 Å². The van der Waals surface area contributed by atoms with Gasteiger partial charge in [0.15, 0.2) is 11.6 Å². The number of rotatable bonds is 5. The van der Waals surface area contributed by atoms with Crippen molar-refractivity contribution in [3.63, 3.8) is 0 Å². The molecule has 0 unspecified atom stereocenters. The molecule has 0 bridgehead atoms. The first kappa shape index (κ1) is 18.1. The van der Waals surface area contributed by atoms with Gasteiger partial charge in [-0.2, -0.15) is 0 Å². The third kappa shape index (κ3) is 4.37. The van der Waals surface area contributed by atoms with Gasteiger partial charge in [-0.3, -0.25) is 4.72 Å². The zero-order chi connectivity index (χ0) is 17.2. The SMILES string of the molecule is CCS(=O)(=O)Nc1ccc(F)c(F)c1Cc1ccc(I)cc1F. The maximum Gasteiger partial charge on any atom is 0.232 e. The minimum atomic E-state index is -3.67. The Bertz CT molecular complexity index is 841. The van der Waals surface area contributed by atoms with Gasteiger partial charge < -0.3 is 0 Å². The molecule has 0 aromatic heterocycles. The molecule has 0 radical (unpaired) electrons. The zero-order valence-electron chi connectivity index (χ0n) is 12.0. The Morgan fingerprint density at radius 1 is 1.09 bits per heavy atom. The van der Waals surface area contributed by atoms with Crippen molar-refractivity contribution < 1.29 is 21.6 Å². The maximum atomic E-state index is 14.1. The molecule has 23 heavy (non-hydrogen) atoms. The van der Waals surface area contributed by atoms with E-state index >= 15 is 0 Å². The van der Waals surface area contributed by atoms with Crippen LogP contribution in [0, 0.1) is 21.0 Å². The van der Waals surface area contributed by atoms with E-state index in [4.69, 9.17) is 0 Å². The van der Waals surface area contributed by atoms with Gasteiger partial charge in [-0.05, 0) is 59.3 Å². The van der Waals surface area contributed by atoms with Gasteiger partial charge in [-0.1, -0.05) is 6.07 Å². The molecule has 2 aromatic rings. The third-order valence-corrected chi connectivity index (χ3v) is 5.19. The first-order valence-electron chi connectivity index (χ1n) is 6.64. The molecule has 3 nitrogen and oxygen atoms in total. The van der Waals surface area contributed by atoms with E-state index in [2.05, 4.69) is 4.72 Å². The number of nitrogens with one attached hydrogen (secondary N) is 1. The monoisotopic (exact) mass is 455 g/mol. The summed E-state index contributed by atoms with van der Waals surface area (Å²) in [6.07, 6.45) is -0.270. The fraction of sp³-hybridized carbons (Fsp3) is 0.200. The minimum absolute atomic E-state index is 0.0938. The molecule has 2 aromatic carbocycles. The highest BCUT2D eigenvalue weighted by Crippen LogP contribution is 2.27. The second kappa shape index (κ2) is 7.08. The predicted octanol–water partition coefficient (Wildman–Crippen LogP) is 4.06. The van der Waals surface area contributed by atoms with Crippen LogP contribution in [0.15, 0.2) is 30.3 Å². The first-order chi connectivity index (χ1) is 10.7. The second-order valence-electron chi connectivity index (χ2n) is 4.81. The van der Waals surface area contributed by atoms with Gasteiger partial charge in [0.05, 0.1) is 11.4 Å². The van der Waals surface area contributed by atoms with Crippen molar-refractivity contribution in [1.82, 2.24) is 0 Å². The average molecular weight is 455 g/mol. The Hall–Kier alpha value is -1.29. The zero-order valence-corrected chi connectivity index (χ0v) is 15.0. The standard InChI is InChI=1S/C15H13F3INO2S/c1-2-23(21,22)20-14-6-5-12(16)15(18)11(14)7-9-3-4-10(19)8-13(9)17/h3-6,8,20H,2,7H2,1H3. The summed E-state index contributed by atoms with van der Waals surface area (Å²) in [4.78, 5) is 0. The first-order valence-corrected chi connectivity index (χ1v) is 9.38. The molecule has 0 aliphatic carbocycles. The number of benzene rings is 2. The average Bonchev–Trinajstić information content (AvgIpc) is 2.48. The molecular formula is C15H13F3INO2S. The highest BCUT2D eigenvalue weighted by Gasteiger charge is 2.18. The van der Waals surface area contributed by atoms with Crippen molar-refractivity contribution in [2.24, 2.45) is 0 Å². The lowest BCUT2D eigenvalue weighted by atomic mass is 10.0. The molecule has 0 aliphatic heterocycles. The number of halogens is 4. The van der Waals surface area contributed by atoms with E-state index in [1.54, 1.807) is 6.07 Å². The van der Waals surface area contributed by atoms with Gasteiger partial charge in [-0.15, -0.1) is 0 Å². The van der Waals surface area contributed by atoms with Crippen molar-refractivity contribution in [3.05, 3.63) is 62.5 Å². The Morgan fingerprint density at radius 3 is 2.39 bits per heavy atom. The molecule has 0 fully saturated rings. The van der Waals surface area contributed by atoms with Crippen LogP contribution in [-0.2, 0) is 16.4 Å². The molecule has 2 rings (SSSR count). The van der Waals surface area contributed by atoms with E-state index in [0.717, 1.165) is 12.1 Å². The lowest BCUT2D eigenvalue weighted by Crippen LogP contribution is -2.17. The fourth-order valence-corrected chi connectivity index (χ4v) is 3.08. The molecule has 0 aliphatic rings. The predicted molar refractivity (Wildman–Crippen MR) is 91.4 cm³/mol. The number of hydrogen-bond donors (Lipinski definition) is 1. The molecule has 0 spiro atoms. The summed E-state index contributed by atoms with van der Waals surface area (Å²) in [6.45, 7) is 1.42. The molecule has 124 valence electrons. The Kier molecular flexibility index (Phi) is 5.56. The van der Waals surface area contributed by atoms with Crippen LogP contribution >= 0.6 is 22.6 Å². The van der Waals surface area contributed by atoms with Crippen molar-refractivity contribution in [2.45, 2.75) is 13.3 Å². The summed E-state index contributed by atoms with van der Waals surface area (Å²) in [7, 11) is -3.67. The van der Waals surface area contributed by atoms with Crippen LogP contribution in [0.1, 0.15) is 18.1 Å². The summed E-state index contributed by atoms with van der Waals surface area (Å²) < 4.78 is 67.8.